The van der Waals surface area contributed by atoms with E-state index in [2.05, 4.69) is 11.8 Å². The van der Waals surface area contributed by atoms with Crippen LogP contribution in [0.15, 0.2) is 53.6 Å². The smallest absolute Gasteiger partial charge is 0.257 e. The van der Waals surface area contributed by atoms with Gasteiger partial charge in [-0.25, -0.2) is 9.40 Å². The molecule has 0 bridgehead atoms. The van der Waals surface area contributed by atoms with E-state index in [0.29, 0.717) is 19.0 Å². The molecule has 1 saturated heterocycles. The Morgan fingerprint density at radius 1 is 1.13 bits per heavy atom. The second-order valence-electron chi connectivity index (χ2n) is 8.10. The molecule has 0 saturated carbocycles. The molecule has 2 aliphatic heterocycles. The van der Waals surface area contributed by atoms with E-state index in [0.717, 1.165) is 42.0 Å². The Hall–Kier alpha value is -2.73. The zero-order valence-corrected chi connectivity index (χ0v) is 17.6. The number of hydrogen-bond donors (Lipinski definition) is 0. The van der Waals surface area contributed by atoms with Crippen molar-refractivity contribution in [2.24, 2.45) is 5.10 Å². The SMILES string of the molecule is COc1ccc([C@H]2CC(c3ccc(F)cc3)=NN2C(=O)CN2CCCC[C@@H]2C)cc1. The third-order valence-electron chi connectivity index (χ3n) is 6.12. The Morgan fingerprint density at radius 3 is 2.53 bits per heavy atom. The lowest BCUT2D eigenvalue weighted by Gasteiger charge is -2.34. The third kappa shape index (κ3) is 4.38. The van der Waals surface area contributed by atoms with Crippen LogP contribution in [0.4, 0.5) is 4.39 Å². The number of amides is 1. The number of benzene rings is 2. The number of halogens is 1. The molecule has 1 fully saturated rings. The number of carbonyl (C=O) groups excluding carboxylic acids is 1. The zero-order valence-electron chi connectivity index (χ0n) is 17.6. The molecule has 1 amide bonds. The quantitative estimate of drug-likeness (QED) is 0.736. The topological polar surface area (TPSA) is 45.1 Å². The lowest BCUT2D eigenvalue weighted by molar-refractivity contribution is -0.135. The molecule has 2 atom stereocenters. The maximum atomic E-state index is 13.4. The van der Waals surface area contributed by atoms with Gasteiger partial charge in [-0.05, 0) is 61.7 Å². The number of likely N-dealkylation sites (tertiary alicyclic amines) is 1. The second-order valence-corrected chi connectivity index (χ2v) is 8.10. The summed E-state index contributed by atoms with van der Waals surface area (Å²) in [6.07, 6.45) is 4.07. The molecule has 0 unspecified atom stereocenters. The van der Waals surface area contributed by atoms with Gasteiger partial charge in [-0.1, -0.05) is 30.7 Å². The first-order valence-electron chi connectivity index (χ1n) is 10.6. The number of ether oxygens (including phenoxy) is 1. The van der Waals surface area contributed by atoms with E-state index in [4.69, 9.17) is 9.84 Å². The van der Waals surface area contributed by atoms with Crippen LogP contribution >= 0.6 is 0 Å². The number of methoxy groups -OCH3 is 1. The van der Waals surface area contributed by atoms with Crippen molar-refractivity contribution in [3.05, 3.63) is 65.5 Å². The van der Waals surface area contributed by atoms with Gasteiger partial charge >= 0.3 is 0 Å². The Balaban J connectivity index is 1.60. The second kappa shape index (κ2) is 8.96. The fourth-order valence-corrected chi connectivity index (χ4v) is 4.28. The zero-order chi connectivity index (χ0) is 21.1. The van der Waals surface area contributed by atoms with Gasteiger partial charge in [-0.3, -0.25) is 9.69 Å². The van der Waals surface area contributed by atoms with Gasteiger partial charge in [0.1, 0.15) is 11.6 Å². The van der Waals surface area contributed by atoms with Crippen molar-refractivity contribution >= 4 is 11.6 Å². The van der Waals surface area contributed by atoms with Gasteiger partial charge in [0, 0.05) is 12.5 Å². The largest absolute Gasteiger partial charge is 0.497 e. The number of nitrogens with zero attached hydrogens (tertiary/aromatic N) is 3. The van der Waals surface area contributed by atoms with Crippen molar-refractivity contribution in [2.45, 2.75) is 44.7 Å². The number of carbonyl (C=O) groups is 1. The highest BCUT2D eigenvalue weighted by Gasteiger charge is 2.34. The Morgan fingerprint density at radius 2 is 1.87 bits per heavy atom. The fraction of sp³-hybridized carbons (Fsp3) is 0.417. The number of hydrogen-bond acceptors (Lipinski definition) is 4. The van der Waals surface area contributed by atoms with Crippen molar-refractivity contribution in [2.75, 3.05) is 20.2 Å². The molecule has 6 heteroatoms. The van der Waals surface area contributed by atoms with Crippen LogP contribution in [0.5, 0.6) is 5.75 Å². The van der Waals surface area contributed by atoms with E-state index in [9.17, 15) is 9.18 Å². The molecule has 0 aromatic heterocycles. The molecular formula is C24H28FN3O2. The van der Waals surface area contributed by atoms with Crippen LogP contribution < -0.4 is 4.74 Å². The van der Waals surface area contributed by atoms with Crippen LogP contribution in [0.3, 0.4) is 0 Å². The predicted octanol–water partition coefficient (Wildman–Crippen LogP) is 4.39. The van der Waals surface area contributed by atoms with Crippen molar-refractivity contribution in [1.29, 1.82) is 0 Å². The van der Waals surface area contributed by atoms with Gasteiger partial charge in [-0.15, -0.1) is 0 Å². The van der Waals surface area contributed by atoms with Crippen molar-refractivity contribution in [3.8, 4) is 5.75 Å². The monoisotopic (exact) mass is 409 g/mol. The number of hydrazone groups is 1. The minimum absolute atomic E-state index is 0.00156. The molecule has 158 valence electrons. The highest BCUT2D eigenvalue weighted by molar-refractivity contribution is 6.03. The summed E-state index contributed by atoms with van der Waals surface area (Å²) in [7, 11) is 1.63. The maximum Gasteiger partial charge on any atom is 0.257 e. The van der Waals surface area contributed by atoms with E-state index in [-0.39, 0.29) is 17.8 Å². The van der Waals surface area contributed by atoms with Gasteiger partial charge in [-0.2, -0.15) is 5.10 Å². The van der Waals surface area contributed by atoms with Crippen LogP contribution in [0, 0.1) is 5.82 Å². The first kappa shape index (κ1) is 20.5. The van der Waals surface area contributed by atoms with E-state index < -0.39 is 0 Å². The lowest BCUT2D eigenvalue weighted by Crippen LogP contribution is -2.44. The molecule has 2 heterocycles. The van der Waals surface area contributed by atoms with Crippen molar-refractivity contribution in [3.63, 3.8) is 0 Å². The first-order chi connectivity index (χ1) is 14.5. The van der Waals surface area contributed by atoms with Gasteiger partial charge in [0.2, 0.25) is 0 Å². The van der Waals surface area contributed by atoms with E-state index in [1.807, 2.05) is 24.3 Å². The summed E-state index contributed by atoms with van der Waals surface area (Å²) >= 11 is 0. The average molecular weight is 410 g/mol. The summed E-state index contributed by atoms with van der Waals surface area (Å²) < 4.78 is 18.6. The molecule has 2 aliphatic rings. The van der Waals surface area contributed by atoms with Crippen LogP contribution in [-0.4, -0.2) is 47.8 Å². The number of piperidine rings is 1. The Bertz CT molecular complexity index is 911. The van der Waals surface area contributed by atoms with Gasteiger partial charge in [0.25, 0.3) is 5.91 Å². The molecule has 0 radical (unpaired) electrons. The average Bonchev–Trinajstić information content (AvgIpc) is 3.21. The Kier molecular flexibility index (Phi) is 6.13. The van der Waals surface area contributed by atoms with Crippen molar-refractivity contribution < 1.29 is 13.9 Å². The molecular weight excluding hydrogens is 381 g/mol. The normalized spacial score (nSPS) is 22.1. The van der Waals surface area contributed by atoms with Crippen molar-refractivity contribution in [1.82, 2.24) is 9.91 Å². The van der Waals surface area contributed by atoms with E-state index in [1.165, 1.54) is 18.6 Å². The van der Waals surface area contributed by atoms with E-state index >= 15 is 0 Å². The van der Waals surface area contributed by atoms with Crippen LogP contribution in [0.25, 0.3) is 0 Å². The molecule has 5 nitrogen and oxygen atoms in total. The maximum absolute atomic E-state index is 13.4. The number of rotatable bonds is 5. The minimum Gasteiger partial charge on any atom is -0.497 e. The summed E-state index contributed by atoms with van der Waals surface area (Å²) in [5, 5.41) is 6.33. The highest BCUT2D eigenvalue weighted by Crippen LogP contribution is 2.34. The predicted molar refractivity (Wildman–Crippen MR) is 115 cm³/mol. The molecule has 0 aliphatic carbocycles. The molecule has 30 heavy (non-hydrogen) atoms. The first-order valence-corrected chi connectivity index (χ1v) is 10.6. The lowest BCUT2D eigenvalue weighted by atomic mass is 9.98. The molecule has 2 aromatic rings. The summed E-state index contributed by atoms with van der Waals surface area (Å²) in [5.41, 5.74) is 2.66. The standard InChI is InChI=1S/C24H28FN3O2/c1-17-5-3-4-14-27(17)16-24(29)28-23(19-8-12-21(30-2)13-9-19)15-22(26-28)18-6-10-20(25)11-7-18/h6-13,17,23H,3-5,14-16H2,1-2H3/t17-,23+/m0/s1. The summed E-state index contributed by atoms with van der Waals surface area (Å²) in [6.45, 7) is 3.50. The summed E-state index contributed by atoms with van der Waals surface area (Å²) in [6, 6.07) is 14.3. The van der Waals surface area contributed by atoms with Gasteiger partial charge < -0.3 is 4.74 Å². The summed E-state index contributed by atoms with van der Waals surface area (Å²) in [5.74, 6) is 0.495. The van der Waals surface area contributed by atoms with Crippen LogP contribution in [0.1, 0.15) is 49.8 Å². The van der Waals surface area contributed by atoms with Gasteiger partial charge in [0.15, 0.2) is 0 Å². The highest BCUT2D eigenvalue weighted by atomic mass is 19.1. The van der Waals surface area contributed by atoms with E-state index in [1.54, 1.807) is 24.3 Å². The summed E-state index contributed by atoms with van der Waals surface area (Å²) in [4.78, 5) is 15.5. The van der Waals surface area contributed by atoms with Crippen LogP contribution in [0.2, 0.25) is 0 Å². The van der Waals surface area contributed by atoms with Crippen LogP contribution in [-0.2, 0) is 4.79 Å². The molecule has 0 N–H and O–H groups in total. The fourth-order valence-electron chi connectivity index (χ4n) is 4.28. The molecule has 0 spiro atoms. The molecule has 2 aromatic carbocycles. The molecule has 4 rings (SSSR count). The minimum atomic E-state index is -0.281. The van der Waals surface area contributed by atoms with Gasteiger partial charge in [0.05, 0.1) is 25.4 Å². The Labute approximate surface area is 177 Å². The third-order valence-corrected chi connectivity index (χ3v) is 6.12.